The zero-order chi connectivity index (χ0) is 14.4. The third-order valence-electron chi connectivity index (χ3n) is 2.71. The summed E-state index contributed by atoms with van der Waals surface area (Å²) in [5.41, 5.74) is 1.36. The Hall–Kier alpha value is -1.78. The molecule has 3 nitrogen and oxygen atoms in total. The zero-order valence-corrected chi connectivity index (χ0v) is 11.5. The molecule has 0 atom stereocenters. The van der Waals surface area contributed by atoms with Crippen LogP contribution in [0.5, 0.6) is 5.75 Å². The fourth-order valence-corrected chi connectivity index (χ4v) is 1.90. The standard InChI is InChI=1S/C15H15ClFNO2/c16-12-1-6-15(17)11(9-12)10-18-13-2-4-14(5-3-13)20-8-7-19/h1-6,9,18-19H,7-8,10H2. The second-order valence-electron chi connectivity index (χ2n) is 4.19. The first-order valence-electron chi connectivity index (χ1n) is 6.20. The van der Waals surface area contributed by atoms with Gasteiger partial charge in [-0.05, 0) is 42.5 Å². The Morgan fingerprint density at radius 1 is 1.15 bits per heavy atom. The molecule has 0 aliphatic heterocycles. The van der Waals surface area contributed by atoms with E-state index in [-0.39, 0.29) is 19.0 Å². The molecule has 2 rings (SSSR count). The van der Waals surface area contributed by atoms with Crippen molar-refractivity contribution in [3.05, 3.63) is 58.9 Å². The lowest BCUT2D eigenvalue weighted by atomic mass is 10.2. The van der Waals surface area contributed by atoms with E-state index in [1.807, 2.05) is 12.1 Å². The predicted octanol–water partition coefficient (Wildman–Crippen LogP) is 3.46. The molecule has 0 bridgehead atoms. The van der Waals surface area contributed by atoms with Crippen molar-refractivity contribution in [2.24, 2.45) is 0 Å². The van der Waals surface area contributed by atoms with Crippen LogP contribution in [0.1, 0.15) is 5.56 Å². The predicted molar refractivity (Wildman–Crippen MR) is 77.8 cm³/mol. The summed E-state index contributed by atoms with van der Waals surface area (Å²) >= 11 is 5.84. The van der Waals surface area contributed by atoms with Crippen LogP contribution < -0.4 is 10.1 Å². The molecular formula is C15H15ClFNO2. The maximum absolute atomic E-state index is 13.5. The number of aliphatic hydroxyl groups is 1. The number of hydrogen-bond acceptors (Lipinski definition) is 3. The molecule has 0 amide bonds. The summed E-state index contributed by atoms with van der Waals surface area (Å²) in [5.74, 6) is 0.392. The normalized spacial score (nSPS) is 10.3. The van der Waals surface area contributed by atoms with Gasteiger partial charge in [-0.2, -0.15) is 0 Å². The molecule has 0 heterocycles. The van der Waals surface area contributed by atoms with Crippen LogP contribution in [-0.2, 0) is 6.54 Å². The Labute approximate surface area is 122 Å². The molecule has 0 saturated heterocycles. The van der Waals surface area contributed by atoms with E-state index in [1.54, 1.807) is 18.2 Å². The van der Waals surface area contributed by atoms with Crippen LogP contribution in [0.4, 0.5) is 10.1 Å². The van der Waals surface area contributed by atoms with Gasteiger partial charge >= 0.3 is 0 Å². The lowest BCUT2D eigenvalue weighted by Gasteiger charge is -2.09. The largest absolute Gasteiger partial charge is 0.491 e. The van der Waals surface area contributed by atoms with Crippen molar-refractivity contribution in [3.63, 3.8) is 0 Å². The molecule has 0 aliphatic carbocycles. The van der Waals surface area contributed by atoms with Gasteiger partial charge in [-0.25, -0.2) is 4.39 Å². The van der Waals surface area contributed by atoms with E-state index < -0.39 is 0 Å². The first kappa shape index (κ1) is 14.6. The van der Waals surface area contributed by atoms with Crippen LogP contribution in [0.25, 0.3) is 0 Å². The van der Waals surface area contributed by atoms with Crippen LogP contribution in [0.2, 0.25) is 5.02 Å². The Bertz CT molecular complexity index is 560. The number of halogens is 2. The molecule has 0 radical (unpaired) electrons. The highest BCUT2D eigenvalue weighted by Crippen LogP contribution is 2.19. The number of nitrogens with one attached hydrogen (secondary N) is 1. The number of aliphatic hydroxyl groups excluding tert-OH is 1. The molecule has 0 aliphatic rings. The average Bonchev–Trinajstić information content (AvgIpc) is 2.47. The van der Waals surface area contributed by atoms with Gasteiger partial charge in [0.05, 0.1) is 6.61 Å². The first-order valence-corrected chi connectivity index (χ1v) is 6.58. The third kappa shape index (κ3) is 4.11. The Balaban J connectivity index is 1.95. The topological polar surface area (TPSA) is 41.5 Å². The quantitative estimate of drug-likeness (QED) is 0.857. The van der Waals surface area contributed by atoms with Gasteiger partial charge in [-0.3, -0.25) is 0 Å². The van der Waals surface area contributed by atoms with Crippen LogP contribution in [0.3, 0.4) is 0 Å². The maximum atomic E-state index is 13.5. The molecule has 5 heteroatoms. The van der Waals surface area contributed by atoms with Crippen molar-refractivity contribution < 1.29 is 14.2 Å². The van der Waals surface area contributed by atoms with Gasteiger partial charge in [0, 0.05) is 22.8 Å². The van der Waals surface area contributed by atoms with E-state index in [4.69, 9.17) is 21.4 Å². The highest BCUT2D eigenvalue weighted by molar-refractivity contribution is 6.30. The van der Waals surface area contributed by atoms with Crippen molar-refractivity contribution in [1.29, 1.82) is 0 Å². The van der Waals surface area contributed by atoms with Crippen molar-refractivity contribution >= 4 is 17.3 Å². The summed E-state index contributed by atoms with van der Waals surface area (Å²) in [4.78, 5) is 0. The molecule has 2 aromatic rings. The Morgan fingerprint density at radius 2 is 1.90 bits per heavy atom. The van der Waals surface area contributed by atoms with Crippen LogP contribution in [0, 0.1) is 5.82 Å². The highest BCUT2D eigenvalue weighted by Gasteiger charge is 2.03. The minimum absolute atomic E-state index is 0.0198. The molecule has 106 valence electrons. The minimum atomic E-state index is -0.287. The number of anilines is 1. The number of rotatable bonds is 6. The van der Waals surface area contributed by atoms with Gasteiger partial charge < -0.3 is 15.2 Å². The van der Waals surface area contributed by atoms with Gasteiger partial charge in [0.1, 0.15) is 18.2 Å². The Morgan fingerprint density at radius 3 is 2.60 bits per heavy atom. The molecule has 0 aromatic heterocycles. The maximum Gasteiger partial charge on any atom is 0.128 e. The van der Waals surface area contributed by atoms with E-state index in [1.165, 1.54) is 12.1 Å². The average molecular weight is 296 g/mol. The lowest BCUT2D eigenvalue weighted by molar-refractivity contribution is 0.201. The first-order chi connectivity index (χ1) is 9.69. The van der Waals surface area contributed by atoms with Crippen molar-refractivity contribution in [2.45, 2.75) is 6.54 Å². The summed E-state index contributed by atoms with van der Waals surface area (Å²) in [6.45, 7) is 0.595. The van der Waals surface area contributed by atoms with E-state index in [0.29, 0.717) is 22.9 Å². The van der Waals surface area contributed by atoms with Gasteiger partial charge in [-0.1, -0.05) is 11.6 Å². The van der Waals surface area contributed by atoms with Gasteiger partial charge in [0.15, 0.2) is 0 Å². The van der Waals surface area contributed by atoms with Gasteiger partial charge in [0.25, 0.3) is 0 Å². The smallest absolute Gasteiger partial charge is 0.128 e. The summed E-state index contributed by atoms with van der Waals surface area (Å²) < 4.78 is 18.8. The molecule has 0 saturated carbocycles. The molecule has 0 spiro atoms. The lowest BCUT2D eigenvalue weighted by Crippen LogP contribution is -2.03. The minimum Gasteiger partial charge on any atom is -0.491 e. The van der Waals surface area contributed by atoms with Crippen molar-refractivity contribution in [2.75, 3.05) is 18.5 Å². The van der Waals surface area contributed by atoms with E-state index in [0.717, 1.165) is 5.69 Å². The fraction of sp³-hybridized carbons (Fsp3) is 0.200. The third-order valence-corrected chi connectivity index (χ3v) is 2.94. The molecule has 0 fully saturated rings. The molecule has 2 aromatic carbocycles. The van der Waals surface area contributed by atoms with Crippen LogP contribution in [0.15, 0.2) is 42.5 Å². The summed E-state index contributed by atoms with van der Waals surface area (Å²) in [6.07, 6.45) is 0. The second kappa shape index (κ2) is 7.12. The SMILES string of the molecule is OCCOc1ccc(NCc2cc(Cl)ccc2F)cc1. The van der Waals surface area contributed by atoms with Gasteiger partial charge in [-0.15, -0.1) is 0 Å². The number of ether oxygens (including phenoxy) is 1. The van der Waals surface area contributed by atoms with E-state index in [9.17, 15) is 4.39 Å². The highest BCUT2D eigenvalue weighted by atomic mass is 35.5. The molecule has 2 N–H and O–H groups in total. The summed E-state index contributed by atoms with van der Waals surface area (Å²) in [5, 5.41) is 12.3. The fourth-order valence-electron chi connectivity index (χ4n) is 1.71. The van der Waals surface area contributed by atoms with Gasteiger partial charge in [0.2, 0.25) is 0 Å². The zero-order valence-electron chi connectivity index (χ0n) is 10.8. The van der Waals surface area contributed by atoms with E-state index in [2.05, 4.69) is 5.32 Å². The molecule has 0 unspecified atom stereocenters. The number of benzene rings is 2. The van der Waals surface area contributed by atoms with Crippen LogP contribution in [-0.4, -0.2) is 18.3 Å². The second-order valence-corrected chi connectivity index (χ2v) is 4.62. The summed E-state index contributed by atoms with van der Waals surface area (Å²) in [6, 6.07) is 11.7. The van der Waals surface area contributed by atoms with Crippen LogP contribution >= 0.6 is 11.6 Å². The van der Waals surface area contributed by atoms with Crippen molar-refractivity contribution in [3.8, 4) is 5.75 Å². The van der Waals surface area contributed by atoms with E-state index >= 15 is 0 Å². The monoisotopic (exact) mass is 295 g/mol. The van der Waals surface area contributed by atoms with Crippen molar-refractivity contribution in [1.82, 2.24) is 0 Å². The Kier molecular flexibility index (Phi) is 5.21. The summed E-state index contributed by atoms with van der Waals surface area (Å²) in [7, 11) is 0. The number of hydrogen-bond donors (Lipinski definition) is 2. The molecular weight excluding hydrogens is 281 g/mol. The molecule has 20 heavy (non-hydrogen) atoms.